The maximum atomic E-state index is 14.5. The van der Waals surface area contributed by atoms with Gasteiger partial charge in [0.2, 0.25) is 0 Å². The number of thiophene rings is 2. The van der Waals surface area contributed by atoms with Crippen LogP contribution in [-0.2, 0) is 5.41 Å². The third kappa shape index (κ3) is 4.11. The van der Waals surface area contributed by atoms with Gasteiger partial charge in [0.1, 0.15) is 5.82 Å². The summed E-state index contributed by atoms with van der Waals surface area (Å²) in [6.07, 6.45) is 0. The van der Waals surface area contributed by atoms with Crippen molar-refractivity contribution in [3.05, 3.63) is 138 Å². The first-order valence-electron chi connectivity index (χ1n) is 16.8. The van der Waals surface area contributed by atoms with Crippen LogP contribution in [0.3, 0.4) is 0 Å². The van der Waals surface area contributed by atoms with Gasteiger partial charge < -0.3 is 9.80 Å². The Morgan fingerprint density at radius 3 is 1.98 bits per heavy atom. The van der Waals surface area contributed by atoms with Crippen LogP contribution in [0.5, 0.6) is 0 Å². The maximum Gasteiger partial charge on any atom is 0.252 e. The van der Waals surface area contributed by atoms with Crippen molar-refractivity contribution in [2.24, 2.45) is 0 Å². The number of nitrogens with zero attached hydrogens (tertiary/aromatic N) is 2. The van der Waals surface area contributed by atoms with Crippen LogP contribution in [0.25, 0.3) is 30.3 Å². The lowest BCUT2D eigenvalue weighted by molar-refractivity contribution is 0.596. The summed E-state index contributed by atoms with van der Waals surface area (Å²) < 4.78 is 18.4. The molecule has 0 fully saturated rings. The van der Waals surface area contributed by atoms with Crippen LogP contribution in [0.4, 0.5) is 38.5 Å². The Morgan fingerprint density at radius 2 is 1.29 bits per heavy atom. The lowest BCUT2D eigenvalue weighted by atomic mass is 9.33. The minimum absolute atomic E-state index is 0.00457. The van der Waals surface area contributed by atoms with E-state index in [1.54, 1.807) is 12.1 Å². The zero-order valence-corrected chi connectivity index (χ0v) is 29.3. The van der Waals surface area contributed by atoms with Crippen LogP contribution in [-0.4, -0.2) is 6.71 Å². The topological polar surface area (TPSA) is 6.48 Å². The number of fused-ring (bicyclic) bond motifs is 10. The average molecular weight is 671 g/mol. The van der Waals surface area contributed by atoms with Crippen molar-refractivity contribution in [3.63, 3.8) is 0 Å². The summed E-state index contributed by atoms with van der Waals surface area (Å²) >= 11 is 3.69. The predicted molar refractivity (Wildman–Crippen MR) is 212 cm³/mol. The molecular formula is C43H32BFN2S2. The minimum atomic E-state index is -0.233. The smallest absolute Gasteiger partial charge is 0.252 e. The molecule has 49 heavy (non-hydrogen) atoms. The second-order valence-corrected chi connectivity index (χ2v) is 16.3. The largest absolute Gasteiger partial charge is 0.310 e. The highest BCUT2D eigenvalue weighted by molar-refractivity contribution is 7.26. The van der Waals surface area contributed by atoms with Gasteiger partial charge >= 0.3 is 0 Å². The SMILES string of the molecule is Cc1ccc(N2c3cccc4c3B(c3ccc5ccsc5c32)c2ccc3c(sc5cccc(C(C)(C)C)c53)c2N4c2ccc(F)cc2)cc1. The van der Waals surface area contributed by atoms with Crippen molar-refractivity contribution in [3.8, 4) is 0 Å². The van der Waals surface area contributed by atoms with Gasteiger partial charge in [0, 0.05) is 38.2 Å². The molecule has 6 heteroatoms. The Kier molecular flexibility index (Phi) is 6.11. The molecule has 0 atom stereocenters. The summed E-state index contributed by atoms with van der Waals surface area (Å²) in [4.78, 5) is 4.88. The van der Waals surface area contributed by atoms with Crippen LogP contribution in [0.2, 0.25) is 0 Å². The monoisotopic (exact) mass is 670 g/mol. The second-order valence-electron chi connectivity index (χ2n) is 14.4. The molecule has 2 aliphatic heterocycles. The zero-order valence-electron chi connectivity index (χ0n) is 27.7. The number of halogens is 1. The molecule has 0 unspecified atom stereocenters. The van der Waals surface area contributed by atoms with Gasteiger partial charge in [-0.25, -0.2) is 4.39 Å². The molecule has 2 aromatic heterocycles. The molecule has 2 aliphatic rings. The molecule has 0 aliphatic carbocycles. The van der Waals surface area contributed by atoms with E-state index in [-0.39, 0.29) is 17.9 Å². The Hall–Kier alpha value is -4.91. The van der Waals surface area contributed by atoms with Crippen LogP contribution in [0, 0.1) is 12.7 Å². The Labute approximate surface area is 293 Å². The Morgan fingerprint density at radius 1 is 0.653 bits per heavy atom. The molecule has 0 spiro atoms. The molecular weight excluding hydrogens is 638 g/mol. The fourth-order valence-electron chi connectivity index (χ4n) is 8.24. The highest BCUT2D eigenvalue weighted by atomic mass is 32.1. The fourth-order valence-corrected chi connectivity index (χ4v) is 10.5. The molecule has 6 aromatic carbocycles. The quantitative estimate of drug-likeness (QED) is 0.169. The minimum Gasteiger partial charge on any atom is -0.310 e. The number of benzene rings is 6. The normalized spacial score (nSPS) is 13.7. The van der Waals surface area contributed by atoms with Gasteiger partial charge in [-0.05, 0) is 106 Å². The number of hydrogen-bond donors (Lipinski definition) is 0. The molecule has 0 saturated carbocycles. The van der Waals surface area contributed by atoms with Crippen LogP contribution >= 0.6 is 22.7 Å². The van der Waals surface area contributed by atoms with E-state index >= 15 is 0 Å². The van der Waals surface area contributed by atoms with Gasteiger partial charge in [0.15, 0.2) is 0 Å². The highest BCUT2D eigenvalue weighted by Crippen LogP contribution is 2.50. The lowest BCUT2D eigenvalue weighted by Crippen LogP contribution is -2.61. The van der Waals surface area contributed by atoms with Crippen LogP contribution in [0.15, 0.2) is 121 Å². The number of aryl methyl sites for hydroxylation is 1. The van der Waals surface area contributed by atoms with Crippen molar-refractivity contribution in [1.82, 2.24) is 0 Å². The summed E-state index contributed by atoms with van der Waals surface area (Å²) in [5.74, 6) is -0.233. The number of rotatable bonds is 2. The number of hydrogen-bond acceptors (Lipinski definition) is 4. The summed E-state index contributed by atoms with van der Waals surface area (Å²) in [6, 6.07) is 41.0. The highest BCUT2D eigenvalue weighted by Gasteiger charge is 2.44. The van der Waals surface area contributed by atoms with Gasteiger partial charge in [0.25, 0.3) is 6.71 Å². The number of anilines is 6. The molecule has 0 amide bonds. The Bertz CT molecular complexity index is 2630. The maximum absolute atomic E-state index is 14.5. The second kappa shape index (κ2) is 10.3. The average Bonchev–Trinajstić information content (AvgIpc) is 3.74. The van der Waals surface area contributed by atoms with E-state index < -0.39 is 0 Å². The molecule has 0 radical (unpaired) electrons. The van der Waals surface area contributed by atoms with Crippen molar-refractivity contribution in [2.45, 2.75) is 33.1 Å². The summed E-state index contributed by atoms with van der Waals surface area (Å²) in [6.45, 7) is 9.07. The molecule has 0 N–H and O–H groups in total. The molecule has 4 heterocycles. The van der Waals surface area contributed by atoms with Crippen molar-refractivity contribution < 1.29 is 4.39 Å². The molecule has 2 nitrogen and oxygen atoms in total. The zero-order chi connectivity index (χ0) is 33.2. The molecule has 8 aromatic rings. The third-order valence-electron chi connectivity index (χ3n) is 10.4. The van der Waals surface area contributed by atoms with E-state index in [1.807, 2.05) is 34.8 Å². The van der Waals surface area contributed by atoms with Gasteiger partial charge in [-0.1, -0.05) is 80.9 Å². The first-order chi connectivity index (χ1) is 23.8. The van der Waals surface area contributed by atoms with Gasteiger partial charge in [-0.15, -0.1) is 22.7 Å². The van der Waals surface area contributed by atoms with Crippen molar-refractivity contribution >= 4 is 110 Å². The standard InChI is InChI=1S/C43H32BFN2S2/c1-25-11-16-28(17-12-25)46-34-8-6-9-35-38(34)44(32-21-13-26-23-24-48-41(26)39(32)46)33-22-20-30-37-31(43(2,3)4)7-5-10-36(37)49-42(30)40(33)47(35)29-18-14-27(45)15-19-29/h5-24H,1-4H3. The van der Waals surface area contributed by atoms with Crippen LogP contribution in [0.1, 0.15) is 31.9 Å². The summed E-state index contributed by atoms with van der Waals surface area (Å²) in [7, 11) is 0. The van der Waals surface area contributed by atoms with Gasteiger partial charge in [-0.3, -0.25) is 0 Å². The van der Waals surface area contributed by atoms with E-state index in [9.17, 15) is 4.39 Å². The van der Waals surface area contributed by atoms with Crippen molar-refractivity contribution in [1.29, 1.82) is 0 Å². The summed E-state index contributed by atoms with van der Waals surface area (Å²) in [5.41, 5.74) is 13.3. The van der Waals surface area contributed by atoms with Gasteiger partial charge in [-0.2, -0.15) is 0 Å². The predicted octanol–water partition coefficient (Wildman–Crippen LogP) is 11.1. The van der Waals surface area contributed by atoms with E-state index in [4.69, 9.17) is 0 Å². The van der Waals surface area contributed by atoms with E-state index in [1.165, 1.54) is 74.8 Å². The van der Waals surface area contributed by atoms with Crippen molar-refractivity contribution in [2.75, 3.05) is 9.80 Å². The fraction of sp³-hybridized carbons (Fsp3) is 0.116. The Balaban J connectivity index is 1.35. The third-order valence-corrected chi connectivity index (χ3v) is 12.5. The van der Waals surface area contributed by atoms with Gasteiger partial charge in [0.05, 0.1) is 20.8 Å². The lowest BCUT2D eigenvalue weighted by Gasteiger charge is -2.44. The van der Waals surface area contributed by atoms with E-state index in [0.29, 0.717) is 0 Å². The molecule has 236 valence electrons. The first kappa shape index (κ1) is 29.0. The van der Waals surface area contributed by atoms with E-state index in [2.05, 4.69) is 134 Å². The molecule has 0 saturated heterocycles. The molecule has 10 rings (SSSR count). The molecule has 0 bridgehead atoms. The summed E-state index contributed by atoms with van der Waals surface area (Å²) in [5, 5.41) is 6.09. The van der Waals surface area contributed by atoms with Crippen LogP contribution < -0.4 is 26.2 Å². The first-order valence-corrected chi connectivity index (χ1v) is 18.5. The van der Waals surface area contributed by atoms with E-state index in [0.717, 1.165) is 17.1 Å².